The molecule has 68 valence electrons. The molecule has 0 unspecified atom stereocenters. The number of aliphatic hydroxyl groups excluding tert-OH is 1. The number of carbonyl (C=O) groups excluding carboxylic acids is 1. The van der Waals surface area contributed by atoms with E-state index in [9.17, 15) is 4.79 Å². The molecule has 0 saturated carbocycles. The summed E-state index contributed by atoms with van der Waals surface area (Å²) in [6.07, 6.45) is 2.52. The Balaban J connectivity index is 2.54. The van der Waals surface area contributed by atoms with Gasteiger partial charge >= 0.3 is 5.97 Å². The van der Waals surface area contributed by atoms with E-state index < -0.39 is 5.97 Å². The Bertz CT molecular complexity index is 290. The molecular formula is C10H10O3. The molecular weight excluding hydrogens is 168 g/mol. The highest BCUT2D eigenvalue weighted by Crippen LogP contribution is 2.00. The normalized spacial score (nSPS) is 10.2. The first kappa shape index (κ1) is 9.48. The summed E-state index contributed by atoms with van der Waals surface area (Å²) in [5.74, 6) is -0.426. The Morgan fingerprint density at radius 3 is 2.69 bits per heavy atom. The van der Waals surface area contributed by atoms with Gasteiger partial charge in [0.1, 0.15) is 0 Å². The zero-order valence-electron chi connectivity index (χ0n) is 7.01. The Morgan fingerprint density at radius 1 is 1.38 bits per heavy atom. The van der Waals surface area contributed by atoms with Crippen molar-refractivity contribution in [2.24, 2.45) is 0 Å². The minimum atomic E-state index is -0.426. The molecule has 0 aliphatic heterocycles. The molecule has 13 heavy (non-hydrogen) atoms. The van der Waals surface area contributed by atoms with Crippen LogP contribution >= 0.6 is 0 Å². The molecule has 0 heterocycles. The molecule has 3 nitrogen and oxygen atoms in total. The van der Waals surface area contributed by atoms with Crippen LogP contribution in [-0.4, -0.2) is 17.7 Å². The van der Waals surface area contributed by atoms with Crippen LogP contribution in [0.15, 0.2) is 42.7 Å². The number of ether oxygens (including phenoxy) is 1. The monoisotopic (exact) mass is 178 g/mol. The van der Waals surface area contributed by atoms with E-state index >= 15 is 0 Å². The van der Waals surface area contributed by atoms with E-state index in [4.69, 9.17) is 5.11 Å². The number of hydrogen-bond donors (Lipinski definition) is 1. The summed E-state index contributed by atoms with van der Waals surface area (Å²) in [5, 5.41) is 8.37. The molecule has 3 heteroatoms. The number of rotatable bonds is 3. The van der Waals surface area contributed by atoms with Gasteiger partial charge in [-0.1, -0.05) is 18.2 Å². The second-order valence-corrected chi connectivity index (χ2v) is 2.33. The van der Waals surface area contributed by atoms with Gasteiger partial charge in [-0.05, 0) is 18.2 Å². The minimum absolute atomic E-state index is 0.137. The van der Waals surface area contributed by atoms with E-state index in [0.29, 0.717) is 5.56 Å². The summed E-state index contributed by atoms with van der Waals surface area (Å²) in [5.41, 5.74) is 0.491. The third-order valence-electron chi connectivity index (χ3n) is 1.39. The third kappa shape index (κ3) is 3.09. The fourth-order valence-electron chi connectivity index (χ4n) is 0.795. The zero-order chi connectivity index (χ0) is 9.52. The lowest BCUT2D eigenvalue weighted by Gasteiger charge is -1.97. The second kappa shape index (κ2) is 5.11. The number of benzene rings is 1. The van der Waals surface area contributed by atoms with Crippen LogP contribution in [0.1, 0.15) is 10.4 Å². The van der Waals surface area contributed by atoms with Crippen LogP contribution in [0, 0.1) is 0 Å². The summed E-state index contributed by atoms with van der Waals surface area (Å²) >= 11 is 0. The van der Waals surface area contributed by atoms with Crippen LogP contribution in [0.4, 0.5) is 0 Å². The maximum atomic E-state index is 11.2. The summed E-state index contributed by atoms with van der Waals surface area (Å²) < 4.78 is 4.69. The molecule has 1 N–H and O–H groups in total. The van der Waals surface area contributed by atoms with Crippen molar-refractivity contribution >= 4 is 5.97 Å². The number of hydrogen-bond acceptors (Lipinski definition) is 3. The van der Waals surface area contributed by atoms with Crippen LogP contribution in [0.5, 0.6) is 0 Å². The number of esters is 1. The smallest absolute Gasteiger partial charge is 0.342 e. The van der Waals surface area contributed by atoms with Gasteiger partial charge in [-0.15, -0.1) is 0 Å². The highest BCUT2D eigenvalue weighted by atomic mass is 16.5. The predicted octanol–water partition coefficient (Wildman–Crippen LogP) is 1.35. The van der Waals surface area contributed by atoms with Gasteiger partial charge in [0, 0.05) is 0 Å². The van der Waals surface area contributed by atoms with Gasteiger partial charge < -0.3 is 9.84 Å². The molecule has 0 atom stereocenters. The summed E-state index contributed by atoms with van der Waals surface area (Å²) in [6, 6.07) is 8.66. The topological polar surface area (TPSA) is 46.5 Å². The second-order valence-electron chi connectivity index (χ2n) is 2.33. The molecule has 0 amide bonds. The molecule has 0 aromatic heterocycles. The zero-order valence-corrected chi connectivity index (χ0v) is 7.01. The first-order valence-electron chi connectivity index (χ1n) is 3.86. The Labute approximate surface area is 76.3 Å². The van der Waals surface area contributed by atoms with E-state index in [1.807, 2.05) is 6.07 Å². The Hall–Kier alpha value is -1.61. The van der Waals surface area contributed by atoms with Gasteiger partial charge in [-0.2, -0.15) is 0 Å². The van der Waals surface area contributed by atoms with Gasteiger partial charge in [0.05, 0.1) is 18.4 Å². The van der Waals surface area contributed by atoms with Gasteiger partial charge in [0.15, 0.2) is 0 Å². The van der Waals surface area contributed by atoms with Gasteiger partial charge in [-0.25, -0.2) is 4.79 Å². The summed E-state index contributed by atoms with van der Waals surface area (Å²) in [6.45, 7) is -0.137. The fraction of sp³-hybridized carbons (Fsp3) is 0.100. The van der Waals surface area contributed by atoms with Crippen molar-refractivity contribution in [3.05, 3.63) is 48.2 Å². The van der Waals surface area contributed by atoms with Crippen LogP contribution < -0.4 is 0 Å². The SMILES string of the molecule is O=C(OC=CCO)c1ccccc1. The van der Waals surface area contributed by atoms with Crippen molar-refractivity contribution in [3.63, 3.8) is 0 Å². The Morgan fingerprint density at radius 2 is 2.08 bits per heavy atom. The van der Waals surface area contributed by atoms with Crippen molar-refractivity contribution in [2.45, 2.75) is 0 Å². The van der Waals surface area contributed by atoms with Gasteiger partial charge in [-0.3, -0.25) is 0 Å². The average molecular weight is 178 g/mol. The van der Waals surface area contributed by atoms with Crippen molar-refractivity contribution in [2.75, 3.05) is 6.61 Å². The maximum Gasteiger partial charge on any atom is 0.342 e. The van der Waals surface area contributed by atoms with E-state index in [1.54, 1.807) is 24.3 Å². The largest absolute Gasteiger partial charge is 0.431 e. The fourth-order valence-corrected chi connectivity index (χ4v) is 0.795. The van der Waals surface area contributed by atoms with Gasteiger partial charge in [0.2, 0.25) is 0 Å². The molecule has 0 saturated heterocycles. The summed E-state index contributed by atoms with van der Waals surface area (Å²) in [4.78, 5) is 11.2. The molecule has 1 aromatic carbocycles. The molecule has 0 spiro atoms. The summed E-state index contributed by atoms with van der Waals surface area (Å²) in [7, 11) is 0. The standard InChI is InChI=1S/C10H10O3/c11-7-4-8-13-10(12)9-5-2-1-3-6-9/h1-6,8,11H,7H2. The van der Waals surface area contributed by atoms with E-state index in [1.165, 1.54) is 12.3 Å². The van der Waals surface area contributed by atoms with Crippen molar-refractivity contribution in [1.82, 2.24) is 0 Å². The quantitative estimate of drug-likeness (QED) is 0.561. The molecule has 0 aliphatic rings. The first-order valence-corrected chi connectivity index (χ1v) is 3.86. The molecule has 0 bridgehead atoms. The lowest BCUT2D eigenvalue weighted by molar-refractivity contribution is 0.0661. The Kier molecular flexibility index (Phi) is 3.73. The van der Waals surface area contributed by atoms with Gasteiger partial charge in [0.25, 0.3) is 0 Å². The van der Waals surface area contributed by atoms with Crippen molar-refractivity contribution < 1.29 is 14.6 Å². The molecule has 1 rings (SSSR count). The molecule has 0 fully saturated rings. The maximum absolute atomic E-state index is 11.2. The number of aliphatic hydroxyl groups is 1. The van der Waals surface area contributed by atoms with Crippen molar-refractivity contribution in [1.29, 1.82) is 0 Å². The first-order chi connectivity index (χ1) is 6.34. The van der Waals surface area contributed by atoms with E-state index in [2.05, 4.69) is 4.74 Å². The van der Waals surface area contributed by atoms with Crippen molar-refractivity contribution in [3.8, 4) is 0 Å². The van der Waals surface area contributed by atoms with Crippen LogP contribution in [0.2, 0.25) is 0 Å². The average Bonchev–Trinajstić information content (AvgIpc) is 2.19. The lowest BCUT2D eigenvalue weighted by Crippen LogP contribution is -1.99. The third-order valence-corrected chi connectivity index (χ3v) is 1.39. The highest BCUT2D eigenvalue weighted by molar-refractivity contribution is 5.89. The van der Waals surface area contributed by atoms with E-state index in [-0.39, 0.29) is 6.61 Å². The molecule has 0 aliphatic carbocycles. The molecule has 0 radical (unpaired) electrons. The predicted molar refractivity (Wildman–Crippen MR) is 48.1 cm³/mol. The number of carbonyl (C=O) groups is 1. The van der Waals surface area contributed by atoms with Crippen LogP contribution in [0.25, 0.3) is 0 Å². The van der Waals surface area contributed by atoms with Crippen LogP contribution in [0.3, 0.4) is 0 Å². The van der Waals surface area contributed by atoms with Crippen LogP contribution in [-0.2, 0) is 4.74 Å². The molecule has 1 aromatic rings. The highest BCUT2D eigenvalue weighted by Gasteiger charge is 2.02. The van der Waals surface area contributed by atoms with E-state index in [0.717, 1.165) is 0 Å². The lowest BCUT2D eigenvalue weighted by atomic mass is 10.2. The minimum Gasteiger partial charge on any atom is -0.431 e.